The molecule has 0 bridgehead atoms. The van der Waals surface area contributed by atoms with Gasteiger partial charge in [-0.25, -0.2) is 4.79 Å². The van der Waals surface area contributed by atoms with Crippen LogP contribution in [0.5, 0.6) is 0 Å². The first-order valence-electron chi connectivity index (χ1n) is 8.14. The Balaban J connectivity index is 1.73. The number of likely N-dealkylation sites (tertiary alicyclic amines) is 1. The van der Waals surface area contributed by atoms with E-state index in [1.165, 1.54) is 12.8 Å². The number of aromatic nitrogens is 2. The van der Waals surface area contributed by atoms with Crippen LogP contribution in [0.25, 0.3) is 0 Å². The Hall–Kier alpha value is -1.69. The Morgan fingerprint density at radius 2 is 2.23 bits per heavy atom. The molecule has 2 amide bonds. The third-order valence-corrected chi connectivity index (χ3v) is 4.14. The molecule has 0 aliphatic carbocycles. The lowest BCUT2D eigenvalue weighted by atomic mass is 10.1. The van der Waals surface area contributed by atoms with E-state index in [2.05, 4.69) is 32.4 Å². The minimum absolute atomic E-state index is 0.133. The molecular formula is C16H27N5O. The molecule has 0 radical (unpaired) electrons. The molecule has 1 aromatic rings. The van der Waals surface area contributed by atoms with E-state index in [-0.39, 0.29) is 12.1 Å². The van der Waals surface area contributed by atoms with E-state index in [1.807, 2.05) is 13.8 Å². The number of nitrogens with one attached hydrogen (secondary N) is 2. The van der Waals surface area contributed by atoms with E-state index in [1.54, 1.807) is 12.4 Å². The molecule has 122 valence electrons. The Labute approximate surface area is 132 Å². The third kappa shape index (κ3) is 4.66. The summed E-state index contributed by atoms with van der Waals surface area (Å²) in [5, 5.41) is 5.91. The first-order chi connectivity index (χ1) is 10.6. The molecule has 0 saturated carbocycles. The van der Waals surface area contributed by atoms with Gasteiger partial charge in [0.1, 0.15) is 0 Å². The first kappa shape index (κ1) is 16.7. The van der Waals surface area contributed by atoms with Crippen molar-refractivity contribution < 1.29 is 4.79 Å². The van der Waals surface area contributed by atoms with Gasteiger partial charge in [-0.05, 0) is 45.7 Å². The summed E-state index contributed by atoms with van der Waals surface area (Å²) in [7, 11) is 0. The number of urea groups is 1. The van der Waals surface area contributed by atoms with Crippen LogP contribution in [0, 0.1) is 12.8 Å². The maximum Gasteiger partial charge on any atom is 0.315 e. The number of hydrogen-bond acceptors (Lipinski definition) is 4. The van der Waals surface area contributed by atoms with E-state index in [0.717, 1.165) is 37.6 Å². The number of aryl methyl sites for hydroxylation is 1. The Kier molecular flexibility index (Phi) is 6.12. The van der Waals surface area contributed by atoms with Crippen LogP contribution >= 0.6 is 0 Å². The minimum atomic E-state index is -0.145. The second-order valence-electron chi connectivity index (χ2n) is 6.06. The average molecular weight is 305 g/mol. The second-order valence-corrected chi connectivity index (χ2v) is 6.06. The van der Waals surface area contributed by atoms with Gasteiger partial charge in [0.25, 0.3) is 0 Å². The zero-order valence-electron chi connectivity index (χ0n) is 13.8. The van der Waals surface area contributed by atoms with Gasteiger partial charge in [-0.1, -0.05) is 6.92 Å². The maximum atomic E-state index is 12.0. The number of hydrogen-bond donors (Lipinski definition) is 2. The lowest BCUT2D eigenvalue weighted by Crippen LogP contribution is -2.40. The van der Waals surface area contributed by atoms with Gasteiger partial charge >= 0.3 is 6.03 Å². The van der Waals surface area contributed by atoms with Crippen LogP contribution in [0.3, 0.4) is 0 Å². The van der Waals surface area contributed by atoms with E-state index in [9.17, 15) is 4.79 Å². The number of rotatable bonds is 6. The van der Waals surface area contributed by atoms with Crippen molar-refractivity contribution in [2.75, 3.05) is 26.2 Å². The normalized spacial score (nSPS) is 19.9. The third-order valence-electron chi connectivity index (χ3n) is 4.14. The highest BCUT2D eigenvalue weighted by molar-refractivity contribution is 5.74. The summed E-state index contributed by atoms with van der Waals surface area (Å²) in [6.07, 6.45) is 5.67. The smallest absolute Gasteiger partial charge is 0.315 e. The van der Waals surface area contributed by atoms with Gasteiger partial charge < -0.3 is 15.5 Å². The quantitative estimate of drug-likeness (QED) is 0.842. The van der Waals surface area contributed by atoms with E-state index >= 15 is 0 Å². The van der Waals surface area contributed by atoms with Gasteiger partial charge in [0, 0.05) is 25.5 Å². The van der Waals surface area contributed by atoms with Gasteiger partial charge in [0.2, 0.25) is 0 Å². The molecule has 2 heterocycles. The summed E-state index contributed by atoms with van der Waals surface area (Å²) in [6.45, 7) is 10.2. The first-order valence-corrected chi connectivity index (χ1v) is 8.14. The summed E-state index contributed by atoms with van der Waals surface area (Å²) in [5.41, 5.74) is 1.66. The standard InChI is InChI=1S/C16H27N5O/c1-4-8-21-9-5-14(11-21)10-19-16(22)20-13(3)15-12(2)17-6-7-18-15/h6-7,13-14H,4-5,8-11H2,1-3H3,(H2,19,20,22). The molecule has 2 unspecified atom stereocenters. The molecule has 2 atom stereocenters. The minimum Gasteiger partial charge on any atom is -0.338 e. The van der Waals surface area contributed by atoms with Crippen molar-refractivity contribution in [3.63, 3.8) is 0 Å². The fraction of sp³-hybridized carbons (Fsp3) is 0.688. The molecule has 0 spiro atoms. The van der Waals surface area contributed by atoms with Crippen LogP contribution in [0.4, 0.5) is 4.79 Å². The lowest BCUT2D eigenvalue weighted by Gasteiger charge is -2.17. The van der Waals surface area contributed by atoms with Crippen LogP contribution in [-0.4, -0.2) is 47.1 Å². The fourth-order valence-corrected chi connectivity index (χ4v) is 3.00. The molecule has 1 aliphatic heterocycles. The number of carbonyl (C=O) groups is 1. The van der Waals surface area contributed by atoms with Crippen molar-refractivity contribution in [3.8, 4) is 0 Å². The molecule has 1 fully saturated rings. The summed E-state index contributed by atoms with van der Waals surface area (Å²) < 4.78 is 0. The highest BCUT2D eigenvalue weighted by Gasteiger charge is 2.22. The zero-order valence-corrected chi connectivity index (χ0v) is 13.8. The van der Waals surface area contributed by atoms with Crippen molar-refractivity contribution in [2.24, 2.45) is 5.92 Å². The molecule has 2 N–H and O–H groups in total. The van der Waals surface area contributed by atoms with E-state index in [0.29, 0.717) is 5.92 Å². The predicted molar refractivity (Wildman–Crippen MR) is 86.6 cm³/mol. The summed E-state index contributed by atoms with van der Waals surface area (Å²) in [5.74, 6) is 0.561. The van der Waals surface area contributed by atoms with Crippen molar-refractivity contribution in [2.45, 2.75) is 39.7 Å². The van der Waals surface area contributed by atoms with Crippen LogP contribution in [0.1, 0.15) is 44.1 Å². The molecule has 1 aromatic heterocycles. The van der Waals surface area contributed by atoms with Crippen LogP contribution in [0.15, 0.2) is 12.4 Å². The molecule has 0 aromatic carbocycles. The van der Waals surface area contributed by atoms with Gasteiger partial charge in [-0.15, -0.1) is 0 Å². The molecule has 1 saturated heterocycles. The van der Waals surface area contributed by atoms with E-state index < -0.39 is 0 Å². The van der Waals surface area contributed by atoms with Crippen LogP contribution < -0.4 is 10.6 Å². The maximum absolute atomic E-state index is 12.0. The van der Waals surface area contributed by atoms with Crippen LogP contribution in [-0.2, 0) is 0 Å². The Morgan fingerprint density at radius 3 is 2.95 bits per heavy atom. The lowest BCUT2D eigenvalue weighted by molar-refractivity contribution is 0.235. The summed E-state index contributed by atoms with van der Waals surface area (Å²) in [6, 6.07) is -0.277. The monoisotopic (exact) mass is 305 g/mol. The van der Waals surface area contributed by atoms with Crippen molar-refractivity contribution >= 4 is 6.03 Å². The predicted octanol–water partition coefficient (Wildman–Crippen LogP) is 1.88. The SMILES string of the molecule is CCCN1CCC(CNC(=O)NC(C)c2nccnc2C)C1. The average Bonchev–Trinajstić information content (AvgIpc) is 2.93. The summed E-state index contributed by atoms with van der Waals surface area (Å²) in [4.78, 5) is 23.0. The molecule has 1 aliphatic rings. The van der Waals surface area contributed by atoms with Gasteiger partial charge in [-0.3, -0.25) is 9.97 Å². The fourth-order valence-electron chi connectivity index (χ4n) is 3.00. The van der Waals surface area contributed by atoms with Gasteiger partial charge in [0.15, 0.2) is 0 Å². The van der Waals surface area contributed by atoms with Crippen molar-refractivity contribution in [1.82, 2.24) is 25.5 Å². The topological polar surface area (TPSA) is 70.2 Å². The number of carbonyl (C=O) groups excluding carboxylic acids is 1. The van der Waals surface area contributed by atoms with Crippen molar-refractivity contribution in [1.29, 1.82) is 0 Å². The van der Waals surface area contributed by atoms with Gasteiger partial charge in [0.05, 0.1) is 17.4 Å². The molecule has 2 rings (SSSR count). The largest absolute Gasteiger partial charge is 0.338 e. The summed E-state index contributed by atoms with van der Waals surface area (Å²) >= 11 is 0. The van der Waals surface area contributed by atoms with E-state index in [4.69, 9.17) is 0 Å². The molecule has 6 heteroatoms. The van der Waals surface area contributed by atoms with Crippen molar-refractivity contribution in [3.05, 3.63) is 23.8 Å². The van der Waals surface area contributed by atoms with Crippen LogP contribution in [0.2, 0.25) is 0 Å². The highest BCUT2D eigenvalue weighted by atomic mass is 16.2. The van der Waals surface area contributed by atoms with Gasteiger partial charge in [-0.2, -0.15) is 0 Å². The second kappa shape index (κ2) is 8.08. The Bertz CT molecular complexity index is 493. The Morgan fingerprint density at radius 1 is 1.45 bits per heavy atom. The molecule has 6 nitrogen and oxygen atoms in total. The molecule has 22 heavy (non-hydrogen) atoms. The zero-order chi connectivity index (χ0) is 15.9. The highest BCUT2D eigenvalue weighted by Crippen LogP contribution is 2.15. The number of amides is 2. The number of nitrogens with zero attached hydrogens (tertiary/aromatic N) is 3. The molecular weight excluding hydrogens is 278 g/mol.